The van der Waals surface area contributed by atoms with E-state index in [4.69, 9.17) is 0 Å². The first-order valence-electron chi connectivity index (χ1n) is 6.95. The maximum absolute atomic E-state index is 13.7. The maximum Gasteiger partial charge on any atom is 0.256 e. The van der Waals surface area contributed by atoms with E-state index in [1.807, 2.05) is 13.8 Å². The van der Waals surface area contributed by atoms with Crippen molar-refractivity contribution in [1.29, 1.82) is 0 Å². The average Bonchev–Trinajstić information content (AvgIpc) is 2.44. The first-order valence-corrected chi connectivity index (χ1v) is 6.95. The Hall–Kier alpha value is -1.52. The summed E-state index contributed by atoms with van der Waals surface area (Å²) < 4.78 is 39.7. The van der Waals surface area contributed by atoms with Crippen LogP contribution < -0.4 is 0 Å². The van der Waals surface area contributed by atoms with Crippen molar-refractivity contribution in [2.75, 3.05) is 13.1 Å². The zero-order valence-corrected chi connectivity index (χ0v) is 11.9. The Morgan fingerprint density at radius 2 is 1.55 bits per heavy atom. The van der Waals surface area contributed by atoms with Crippen LogP contribution in [0.3, 0.4) is 0 Å². The number of rotatable bonds is 7. The summed E-state index contributed by atoms with van der Waals surface area (Å²) in [7, 11) is 0. The number of nitrogens with zero attached hydrogens (tertiary/aromatic N) is 1. The lowest BCUT2D eigenvalue weighted by molar-refractivity contribution is 0.0745. The summed E-state index contributed by atoms with van der Waals surface area (Å²) in [6.07, 6.45) is 3.38. The third-order valence-electron chi connectivity index (χ3n) is 3.12. The van der Waals surface area contributed by atoms with E-state index in [0.29, 0.717) is 13.1 Å². The van der Waals surface area contributed by atoms with Crippen LogP contribution in [0.1, 0.15) is 49.9 Å². The smallest absolute Gasteiger partial charge is 0.256 e. The Balaban J connectivity index is 2.96. The van der Waals surface area contributed by atoms with Crippen molar-refractivity contribution in [3.05, 3.63) is 35.1 Å². The first kappa shape index (κ1) is 16.5. The Bertz CT molecular complexity index is 455. The molecule has 0 atom stereocenters. The van der Waals surface area contributed by atoms with Crippen molar-refractivity contribution in [2.45, 2.75) is 39.5 Å². The van der Waals surface area contributed by atoms with Crippen LogP contribution >= 0.6 is 0 Å². The number of benzene rings is 1. The van der Waals surface area contributed by atoms with Crippen LogP contribution in [0.5, 0.6) is 0 Å². The summed E-state index contributed by atoms with van der Waals surface area (Å²) in [5.74, 6) is -4.87. The average molecular weight is 287 g/mol. The van der Waals surface area contributed by atoms with E-state index in [9.17, 15) is 18.0 Å². The Kier molecular flexibility index (Phi) is 6.55. The highest BCUT2D eigenvalue weighted by molar-refractivity contribution is 5.94. The molecule has 0 fully saturated rings. The van der Waals surface area contributed by atoms with Gasteiger partial charge in [0.25, 0.3) is 5.91 Å². The van der Waals surface area contributed by atoms with E-state index in [0.717, 1.165) is 37.8 Å². The largest absolute Gasteiger partial charge is 0.339 e. The predicted molar refractivity (Wildman–Crippen MR) is 72.0 cm³/mol. The molecule has 0 unspecified atom stereocenters. The standard InChI is InChI=1S/C15H20F3NO/c1-3-5-9-19(10-6-4-2)15(20)11-7-8-12(16)14(18)13(11)17/h7-8H,3-6,9-10H2,1-2H3. The van der Waals surface area contributed by atoms with Crippen LogP contribution in [0.2, 0.25) is 0 Å². The van der Waals surface area contributed by atoms with Gasteiger partial charge in [-0.15, -0.1) is 0 Å². The van der Waals surface area contributed by atoms with Gasteiger partial charge in [-0.2, -0.15) is 0 Å². The van der Waals surface area contributed by atoms with E-state index < -0.39 is 28.9 Å². The van der Waals surface area contributed by atoms with Gasteiger partial charge in [-0.1, -0.05) is 26.7 Å². The Morgan fingerprint density at radius 3 is 2.05 bits per heavy atom. The van der Waals surface area contributed by atoms with Gasteiger partial charge in [0.2, 0.25) is 0 Å². The van der Waals surface area contributed by atoms with Gasteiger partial charge in [0.05, 0.1) is 5.56 Å². The first-order chi connectivity index (χ1) is 9.52. The molecule has 0 radical (unpaired) electrons. The highest BCUT2D eigenvalue weighted by Gasteiger charge is 2.22. The second-order valence-corrected chi connectivity index (χ2v) is 4.72. The number of unbranched alkanes of at least 4 members (excludes halogenated alkanes) is 2. The van der Waals surface area contributed by atoms with Gasteiger partial charge in [-0.05, 0) is 25.0 Å². The van der Waals surface area contributed by atoms with Crippen LogP contribution in [-0.2, 0) is 0 Å². The van der Waals surface area contributed by atoms with Crippen LogP contribution in [-0.4, -0.2) is 23.9 Å². The van der Waals surface area contributed by atoms with Gasteiger partial charge in [-0.25, -0.2) is 13.2 Å². The monoisotopic (exact) mass is 287 g/mol. The lowest BCUT2D eigenvalue weighted by Crippen LogP contribution is -2.33. The summed E-state index contributed by atoms with van der Waals surface area (Å²) in [4.78, 5) is 13.7. The van der Waals surface area contributed by atoms with E-state index in [1.54, 1.807) is 0 Å². The van der Waals surface area contributed by atoms with Gasteiger partial charge in [0, 0.05) is 13.1 Å². The Labute approximate surface area is 117 Å². The molecule has 1 amide bonds. The van der Waals surface area contributed by atoms with Gasteiger partial charge in [-0.3, -0.25) is 4.79 Å². The minimum absolute atomic E-state index is 0.406. The van der Waals surface area contributed by atoms with E-state index in [1.165, 1.54) is 4.90 Å². The van der Waals surface area contributed by atoms with Crippen LogP contribution in [0.15, 0.2) is 12.1 Å². The van der Waals surface area contributed by atoms with Gasteiger partial charge < -0.3 is 4.90 Å². The van der Waals surface area contributed by atoms with E-state index >= 15 is 0 Å². The molecule has 0 bridgehead atoms. The molecule has 0 aromatic heterocycles. The zero-order chi connectivity index (χ0) is 15.1. The van der Waals surface area contributed by atoms with Gasteiger partial charge >= 0.3 is 0 Å². The van der Waals surface area contributed by atoms with Gasteiger partial charge in [0.15, 0.2) is 17.5 Å². The quantitative estimate of drug-likeness (QED) is 0.690. The van der Waals surface area contributed by atoms with Crippen molar-refractivity contribution in [3.8, 4) is 0 Å². The summed E-state index contributed by atoms with van der Waals surface area (Å²) in [5, 5.41) is 0. The van der Waals surface area contributed by atoms with Crippen molar-refractivity contribution < 1.29 is 18.0 Å². The topological polar surface area (TPSA) is 20.3 Å². The van der Waals surface area contributed by atoms with Crippen LogP contribution in [0.25, 0.3) is 0 Å². The fraction of sp³-hybridized carbons (Fsp3) is 0.533. The number of carbonyl (C=O) groups excluding carboxylic acids is 1. The molecule has 0 saturated carbocycles. The fourth-order valence-corrected chi connectivity index (χ4v) is 1.87. The molecular formula is C15H20F3NO. The summed E-state index contributed by atoms with van der Waals surface area (Å²) in [5.41, 5.74) is -0.406. The molecule has 0 N–H and O–H groups in total. The molecule has 0 heterocycles. The van der Waals surface area contributed by atoms with Gasteiger partial charge in [0.1, 0.15) is 0 Å². The second-order valence-electron chi connectivity index (χ2n) is 4.72. The third kappa shape index (κ3) is 3.99. The van der Waals surface area contributed by atoms with Crippen molar-refractivity contribution in [3.63, 3.8) is 0 Å². The minimum atomic E-state index is -1.60. The highest BCUT2D eigenvalue weighted by atomic mass is 19.2. The molecule has 0 saturated heterocycles. The minimum Gasteiger partial charge on any atom is -0.339 e. The molecule has 5 heteroatoms. The molecule has 1 aromatic rings. The number of hydrogen-bond donors (Lipinski definition) is 0. The predicted octanol–water partition coefficient (Wildman–Crippen LogP) is 4.15. The van der Waals surface area contributed by atoms with Crippen LogP contribution in [0.4, 0.5) is 13.2 Å². The number of carbonyl (C=O) groups is 1. The van der Waals surface area contributed by atoms with E-state index in [2.05, 4.69) is 0 Å². The molecular weight excluding hydrogens is 267 g/mol. The second kappa shape index (κ2) is 7.92. The molecule has 1 aromatic carbocycles. The lowest BCUT2D eigenvalue weighted by atomic mass is 10.1. The van der Waals surface area contributed by atoms with E-state index in [-0.39, 0.29) is 0 Å². The lowest BCUT2D eigenvalue weighted by Gasteiger charge is -2.22. The molecule has 0 aliphatic heterocycles. The molecule has 0 aliphatic carbocycles. The molecule has 0 aliphatic rings. The molecule has 112 valence electrons. The number of hydrogen-bond acceptors (Lipinski definition) is 1. The highest BCUT2D eigenvalue weighted by Crippen LogP contribution is 2.17. The van der Waals surface area contributed by atoms with Crippen molar-refractivity contribution in [2.24, 2.45) is 0 Å². The summed E-state index contributed by atoms with van der Waals surface area (Å²) in [6.45, 7) is 4.96. The molecule has 2 nitrogen and oxygen atoms in total. The molecule has 0 spiro atoms. The summed E-state index contributed by atoms with van der Waals surface area (Å²) >= 11 is 0. The fourth-order valence-electron chi connectivity index (χ4n) is 1.87. The SMILES string of the molecule is CCCCN(CCCC)C(=O)c1ccc(F)c(F)c1F. The molecule has 1 rings (SSSR count). The van der Waals surface area contributed by atoms with Crippen LogP contribution in [0, 0.1) is 17.5 Å². The number of amides is 1. The zero-order valence-electron chi connectivity index (χ0n) is 11.9. The Morgan fingerprint density at radius 1 is 1.00 bits per heavy atom. The third-order valence-corrected chi connectivity index (χ3v) is 3.12. The normalized spacial score (nSPS) is 10.7. The number of halogens is 3. The molecule has 20 heavy (non-hydrogen) atoms. The van der Waals surface area contributed by atoms with Crippen molar-refractivity contribution >= 4 is 5.91 Å². The maximum atomic E-state index is 13.7. The van der Waals surface area contributed by atoms with Crippen molar-refractivity contribution in [1.82, 2.24) is 4.90 Å². The summed E-state index contributed by atoms with van der Waals surface area (Å²) in [6, 6.07) is 1.78.